The van der Waals surface area contributed by atoms with Crippen molar-refractivity contribution in [1.82, 2.24) is 0 Å². The van der Waals surface area contributed by atoms with Crippen molar-refractivity contribution in [3.63, 3.8) is 0 Å². The monoisotopic (exact) mass is 411 g/mol. The highest BCUT2D eigenvalue weighted by Crippen LogP contribution is 2.38. The Morgan fingerprint density at radius 3 is 2.07 bits per heavy atom. The van der Waals surface area contributed by atoms with Crippen LogP contribution in [0.25, 0.3) is 0 Å². The van der Waals surface area contributed by atoms with Crippen LogP contribution in [-0.2, 0) is 0 Å². The molecule has 2 fully saturated rings. The number of hydrogen-bond donors (Lipinski definition) is 0. The molecule has 2 saturated carbocycles. The molecule has 0 radical (unpaired) electrons. The summed E-state index contributed by atoms with van der Waals surface area (Å²) in [5.41, 5.74) is 0.971. The van der Waals surface area contributed by atoms with Crippen LogP contribution in [0.5, 0.6) is 0 Å². The minimum absolute atomic E-state index is 0.399. The molecule has 0 saturated heterocycles. The molecule has 1 nitrogen and oxygen atoms in total. The van der Waals surface area contributed by atoms with Gasteiger partial charge in [0.2, 0.25) is 0 Å². The quantitative estimate of drug-likeness (QED) is 0.240. The Hall–Kier alpha value is -1.95. The van der Waals surface area contributed by atoms with Gasteiger partial charge in [-0.25, -0.2) is 8.78 Å². The lowest BCUT2D eigenvalue weighted by atomic mass is 9.76. The molecule has 0 spiro atoms. The maximum atomic E-state index is 13.5. The topological polar surface area (TPSA) is 23.8 Å². The van der Waals surface area contributed by atoms with Crippen LogP contribution in [0.1, 0.15) is 88.5 Å². The maximum Gasteiger partial charge on any atom is 0.159 e. The minimum atomic E-state index is -0.745. The van der Waals surface area contributed by atoms with E-state index in [9.17, 15) is 8.78 Å². The van der Waals surface area contributed by atoms with Crippen molar-refractivity contribution in [1.29, 1.82) is 5.26 Å². The summed E-state index contributed by atoms with van der Waals surface area (Å²) in [4.78, 5) is 0. The van der Waals surface area contributed by atoms with Gasteiger partial charge in [-0.1, -0.05) is 50.0 Å². The van der Waals surface area contributed by atoms with E-state index < -0.39 is 11.6 Å². The second-order valence-electron chi connectivity index (χ2n) is 9.33. The van der Waals surface area contributed by atoms with Crippen LogP contribution in [0, 0.1) is 40.7 Å². The lowest BCUT2D eigenvalue weighted by Crippen LogP contribution is -2.14. The first-order chi connectivity index (χ1) is 14.7. The first-order valence-corrected chi connectivity index (χ1v) is 11.8. The molecule has 0 unspecified atom stereocenters. The minimum Gasteiger partial charge on any atom is -0.204 e. The smallest absolute Gasteiger partial charge is 0.159 e. The van der Waals surface area contributed by atoms with Gasteiger partial charge in [0.15, 0.2) is 11.6 Å². The second-order valence-corrected chi connectivity index (χ2v) is 9.33. The van der Waals surface area contributed by atoms with Crippen LogP contribution in [0.3, 0.4) is 0 Å². The van der Waals surface area contributed by atoms with E-state index in [2.05, 4.69) is 6.08 Å². The molecule has 0 atom stereocenters. The molecule has 0 aliphatic heterocycles. The fourth-order valence-corrected chi connectivity index (χ4v) is 5.41. The van der Waals surface area contributed by atoms with Crippen LogP contribution in [-0.4, -0.2) is 0 Å². The molecule has 0 bridgehead atoms. The number of rotatable bonds is 8. The molecule has 0 N–H and O–H groups in total. The van der Waals surface area contributed by atoms with E-state index in [1.165, 1.54) is 82.4 Å². The number of allylic oxidation sites excluding steroid dienone is 4. The molecule has 0 heterocycles. The molecular formula is C27H35F2N. The van der Waals surface area contributed by atoms with E-state index in [0.29, 0.717) is 11.8 Å². The van der Waals surface area contributed by atoms with Crippen LogP contribution in [0.15, 0.2) is 42.5 Å². The highest BCUT2D eigenvalue weighted by atomic mass is 19.2. The van der Waals surface area contributed by atoms with Crippen LogP contribution < -0.4 is 0 Å². The second kappa shape index (κ2) is 12.0. The van der Waals surface area contributed by atoms with E-state index in [0.717, 1.165) is 30.2 Å². The predicted molar refractivity (Wildman–Crippen MR) is 119 cm³/mol. The highest BCUT2D eigenvalue weighted by molar-refractivity contribution is 5.22. The Morgan fingerprint density at radius 1 is 0.833 bits per heavy atom. The summed E-state index contributed by atoms with van der Waals surface area (Å²) in [6.45, 7) is 0. The highest BCUT2D eigenvalue weighted by Gasteiger charge is 2.23. The van der Waals surface area contributed by atoms with Gasteiger partial charge in [-0.05, 0) is 92.7 Å². The van der Waals surface area contributed by atoms with Gasteiger partial charge in [-0.2, -0.15) is 5.26 Å². The Balaban J connectivity index is 1.26. The van der Waals surface area contributed by atoms with E-state index in [1.54, 1.807) is 6.07 Å². The summed E-state index contributed by atoms with van der Waals surface area (Å²) in [6.07, 6.45) is 22.9. The standard InChI is InChI=1S/C27H35F2N/c28-26-18-17-25(20-27(26)29)24-15-13-23(14-16-24)8-4-3-7-22-11-9-21(10-12-22)6-2-1-5-19-30/h1-2,5-6,17-18,20-24H,3-4,7-16H2/b5-1+,6-2+. The number of benzene rings is 1. The number of unbranched alkanes of at least 4 members (excludes halogenated alkanes) is 1. The third-order valence-electron chi connectivity index (χ3n) is 7.29. The number of hydrogen-bond acceptors (Lipinski definition) is 1. The van der Waals surface area contributed by atoms with Crippen molar-refractivity contribution < 1.29 is 8.78 Å². The summed E-state index contributed by atoms with van der Waals surface area (Å²) >= 11 is 0. The van der Waals surface area contributed by atoms with E-state index in [-0.39, 0.29) is 0 Å². The van der Waals surface area contributed by atoms with E-state index >= 15 is 0 Å². The van der Waals surface area contributed by atoms with Crippen LogP contribution in [0.2, 0.25) is 0 Å². The Bertz CT molecular complexity index is 745. The van der Waals surface area contributed by atoms with Gasteiger partial charge >= 0.3 is 0 Å². The van der Waals surface area contributed by atoms with Crippen molar-refractivity contribution in [3.05, 3.63) is 59.7 Å². The lowest BCUT2D eigenvalue weighted by molar-refractivity contribution is 0.273. The fourth-order valence-electron chi connectivity index (χ4n) is 5.41. The molecule has 1 aromatic rings. The number of nitrogens with zero attached hydrogens (tertiary/aromatic N) is 1. The van der Waals surface area contributed by atoms with Gasteiger partial charge in [0, 0.05) is 6.08 Å². The average molecular weight is 412 g/mol. The number of halogens is 2. The molecule has 30 heavy (non-hydrogen) atoms. The normalized spacial score (nSPS) is 27.5. The van der Waals surface area contributed by atoms with Gasteiger partial charge in [-0.3, -0.25) is 0 Å². The summed E-state index contributed by atoms with van der Waals surface area (Å²) in [7, 11) is 0. The van der Waals surface area contributed by atoms with Gasteiger partial charge in [0.1, 0.15) is 0 Å². The van der Waals surface area contributed by atoms with Gasteiger partial charge < -0.3 is 0 Å². The van der Waals surface area contributed by atoms with Gasteiger partial charge in [0.25, 0.3) is 0 Å². The largest absolute Gasteiger partial charge is 0.204 e. The van der Waals surface area contributed by atoms with Gasteiger partial charge in [-0.15, -0.1) is 0 Å². The van der Waals surface area contributed by atoms with E-state index in [1.807, 2.05) is 18.2 Å². The molecular weight excluding hydrogens is 376 g/mol. The third-order valence-corrected chi connectivity index (χ3v) is 7.29. The predicted octanol–water partition coefficient (Wildman–Crippen LogP) is 8.24. The summed E-state index contributed by atoms with van der Waals surface area (Å²) in [6, 6.07) is 6.45. The summed E-state index contributed by atoms with van der Waals surface area (Å²) < 4.78 is 26.6. The average Bonchev–Trinajstić information content (AvgIpc) is 2.77. The van der Waals surface area contributed by atoms with Crippen molar-refractivity contribution in [2.75, 3.05) is 0 Å². The van der Waals surface area contributed by atoms with Crippen molar-refractivity contribution in [3.8, 4) is 6.07 Å². The summed E-state index contributed by atoms with van der Waals surface area (Å²) in [5, 5.41) is 8.51. The zero-order valence-electron chi connectivity index (χ0n) is 18.0. The zero-order chi connectivity index (χ0) is 21.2. The zero-order valence-corrected chi connectivity index (χ0v) is 18.0. The summed E-state index contributed by atoms with van der Waals surface area (Å²) in [5.74, 6) is 1.34. The molecule has 2 aliphatic carbocycles. The third kappa shape index (κ3) is 7.08. The molecule has 0 amide bonds. The first kappa shape index (κ1) is 22.7. The van der Waals surface area contributed by atoms with Crippen molar-refractivity contribution in [2.24, 2.45) is 17.8 Å². The molecule has 1 aromatic carbocycles. The van der Waals surface area contributed by atoms with Crippen molar-refractivity contribution in [2.45, 2.75) is 83.0 Å². The van der Waals surface area contributed by atoms with Crippen LogP contribution >= 0.6 is 0 Å². The molecule has 3 rings (SSSR count). The Kier molecular flexibility index (Phi) is 9.12. The Morgan fingerprint density at radius 2 is 1.47 bits per heavy atom. The Labute approximate surface area is 180 Å². The first-order valence-electron chi connectivity index (χ1n) is 11.8. The molecule has 3 heteroatoms. The van der Waals surface area contributed by atoms with E-state index in [4.69, 9.17) is 5.26 Å². The van der Waals surface area contributed by atoms with Crippen LogP contribution in [0.4, 0.5) is 8.78 Å². The molecule has 2 aliphatic rings. The van der Waals surface area contributed by atoms with Crippen molar-refractivity contribution >= 4 is 0 Å². The maximum absolute atomic E-state index is 13.5. The fraction of sp³-hybridized carbons (Fsp3) is 0.593. The molecule has 0 aromatic heterocycles. The lowest BCUT2D eigenvalue weighted by Gasteiger charge is -2.29. The SMILES string of the molecule is N#C/C=C/C=C/C1CCC(CCCCC2CCC(c3ccc(F)c(F)c3)CC2)CC1. The molecule has 162 valence electrons. The number of nitriles is 1. The van der Waals surface area contributed by atoms with Gasteiger partial charge in [0.05, 0.1) is 6.07 Å².